The maximum absolute atomic E-state index is 11.8. The minimum Gasteiger partial charge on any atom is -0.468 e. The zero-order chi connectivity index (χ0) is 12.2. The highest BCUT2D eigenvalue weighted by atomic mass is 16.5. The van der Waals surface area contributed by atoms with Crippen molar-refractivity contribution in [3.63, 3.8) is 0 Å². The maximum atomic E-state index is 11.8. The zero-order valence-electron chi connectivity index (χ0n) is 9.78. The molecule has 4 nitrogen and oxygen atoms in total. The molecule has 1 rings (SSSR count). The second kappa shape index (κ2) is 4.96. The summed E-state index contributed by atoms with van der Waals surface area (Å²) in [4.78, 5) is 23.5. The molecule has 0 aliphatic heterocycles. The number of allylic oxidation sites excluding steroid dienone is 4. The van der Waals surface area contributed by atoms with E-state index in [1.165, 1.54) is 14.2 Å². The fourth-order valence-electron chi connectivity index (χ4n) is 1.74. The van der Waals surface area contributed by atoms with Crippen LogP contribution in [0.25, 0.3) is 0 Å². The Morgan fingerprint density at radius 1 is 1.19 bits per heavy atom. The highest BCUT2D eigenvalue weighted by Crippen LogP contribution is 2.33. The van der Waals surface area contributed by atoms with Crippen LogP contribution in [0.15, 0.2) is 23.8 Å². The molecule has 0 aromatic carbocycles. The van der Waals surface area contributed by atoms with Gasteiger partial charge in [0.2, 0.25) is 0 Å². The van der Waals surface area contributed by atoms with E-state index in [2.05, 4.69) is 0 Å². The van der Waals surface area contributed by atoms with Gasteiger partial charge in [0.1, 0.15) is 0 Å². The summed E-state index contributed by atoms with van der Waals surface area (Å²) in [5, 5.41) is 0. The van der Waals surface area contributed by atoms with Crippen molar-refractivity contribution in [2.24, 2.45) is 5.41 Å². The number of rotatable bonds is 2. The van der Waals surface area contributed by atoms with Crippen LogP contribution in [-0.2, 0) is 19.1 Å². The molecule has 0 bridgehead atoms. The van der Waals surface area contributed by atoms with E-state index in [0.29, 0.717) is 12.8 Å². The Labute approximate surface area is 94.9 Å². The van der Waals surface area contributed by atoms with E-state index >= 15 is 0 Å². The van der Waals surface area contributed by atoms with E-state index in [1.807, 2.05) is 19.1 Å². The average Bonchev–Trinajstić information content (AvgIpc) is 2.50. The van der Waals surface area contributed by atoms with Gasteiger partial charge in [-0.2, -0.15) is 0 Å². The first-order valence-corrected chi connectivity index (χ1v) is 5.07. The predicted octanol–water partition coefficient (Wildman–Crippen LogP) is 1.62. The molecule has 0 aromatic rings. The van der Waals surface area contributed by atoms with Crippen LogP contribution in [0, 0.1) is 5.41 Å². The van der Waals surface area contributed by atoms with Gasteiger partial charge in [0, 0.05) is 0 Å². The summed E-state index contributed by atoms with van der Waals surface area (Å²) in [5.74, 6) is -1.09. The summed E-state index contributed by atoms with van der Waals surface area (Å²) in [7, 11) is 2.55. The molecule has 0 heterocycles. The summed E-state index contributed by atoms with van der Waals surface area (Å²) in [6.45, 7) is 1.92. The minimum absolute atomic E-state index is 0.306. The van der Waals surface area contributed by atoms with E-state index in [4.69, 9.17) is 9.47 Å². The molecule has 16 heavy (non-hydrogen) atoms. The highest BCUT2D eigenvalue weighted by Gasteiger charge is 2.47. The highest BCUT2D eigenvalue weighted by molar-refractivity contribution is 6.00. The van der Waals surface area contributed by atoms with Crippen molar-refractivity contribution in [1.29, 1.82) is 0 Å². The van der Waals surface area contributed by atoms with Crippen molar-refractivity contribution >= 4 is 11.9 Å². The largest absolute Gasteiger partial charge is 0.468 e. The van der Waals surface area contributed by atoms with Crippen molar-refractivity contribution in [3.05, 3.63) is 23.8 Å². The molecule has 88 valence electrons. The molecule has 0 amide bonds. The quantitative estimate of drug-likeness (QED) is 0.528. The monoisotopic (exact) mass is 224 g/mol. The summed E-state index contributed by atoms with van der Waals surface area (Å²) in [5.41, 5.74) is -0.202. The number of hydrogen-bond donors (Lipinski definition) is 0. The molecular formula is C12H16O4. The van der Waals surface area contributed by atoms with Crippen LogP contribution in [0.5, 0.6) is 0 Å². The normalized spacial score (nSPS) is 18.3. The lowest BCUT2D eigenvalue weighted by atomic mass is 9.81. The molecule has 0 saturated heterocycles. The number of hydrogen-bond acceptors (Lipinski definition) is 4. The Kier molecular flexibility index (Phi) is 3.88. The smallest absolute Gasteiger partial charge is 0.323 e. The van der Waals surface area contributed by atoms with Gasteiger partial charge in [0.15, 0.2) is 5.41 Å². The standard InChI is InChI=1S/C12H16O4/c1-9-5-4-7-12(8-6-9,10(13)15-2)11(14)16-3/h4-6H,7-8H2,1-3H3. The molecule has 0 spiro atoms. The second-order valence-electron chi connectivity index (χ2n) is 3.82. The van der Waals surface area contributed by atoms with E-state index in [9.17, 15) is 9.59 Å². The van der Waals surface area contributed by atoms with Crippen LogP contribution in [0.2, 0.25) is 0 Å². The molecule has 4 heteroatoms. The molecule has 0 radical (unpaired) electrons. The van der Waals surface area contributed by atoms with Gasteiger partial charge >= 0.3 is 11.9 Å². The average molecular weight is 224 g/mol. The molecule has 1 aliphatic carbocycles. The van der Waals surface area contributed by atoms with Crippen molar-refractivity contribution in [2.45, 2.75) is 19.8 Å². The lowest BCUT2D eigenvalue weighted by Crippen LogP contribution is -2.40. The first-order valence-electron chi connectivity index (χ1n) is 5.07. The number of methoxy groups -OCH3 is 2. The van der Waals surface area contributed by atoms with Gasteiger partial charge in [0.05, 0.1) is 14.2 Å². The maximum Gasteiger partial charge on any atom is 0.323 e. The number of carbonyl (C=O) groups is 2. The van der Waals surface area contributed by atoms with E-state index < -0.39 is 17.4 Å². The number of ether oxygens (including phenoxy) is 2. The van der Waals surface area contributed by atoms with Gasteiger partial charge in [0.25, 0.3) is 0 Å². The number of carbonyl (C=O) groups excluding carboxylic acids is 2. The van der Waals surface area contributed by atoms with E-state index in [1.54, 1.807) is 6.08 Å². The molecule has 0 atom stereocenters. The van der Waals surface area contributed by atoms with Crippen LogP contribution < -0.4 is 0 Å². The van der Waals surface area contributed by atoms with Crippen LogP contribution in [0.1, 0.15) is 19.8 Å². The Bertz CT molecular complexity index is 336. The Hall–Kier alpha value is -1.58. The fraction of sp³-hybridized carbons (Fsp3) is 0.500. The molecule has 0 fully saturated rings. The summed E-state index contributed by atoms with van der Waals surface area (Å²) < 4.78 is 9.41. The minimum atomic E-state index is -1.22. The van der Waals surface area contributed by atoms with Gasteiger partial charge in [-0.1, -0.05) is 23.8 Å². The molecule has 0 unspecified atom stereocenters. The molecule has 0 saturated carbocycles. The van der Waals surface area contributed by atoms with Crippen LogP contribution in [-0.4, -0.2) is 26.2 Å². The van der Waals surface area contributed by atoms with E-state index in [0.717, 1.165) is 5.57 Å². The third kappa shape index (κ3) is 2.15. The van der Waals surface area contributed by atoms with Gasteiger partial charge < -0.3 is 9.47 Å². The summed E-state index contributed by atoms with van der Waals surface area (Å²) in [6.07, 6.45) is 6.14. The predicted molar refractivity (Wildman–Crippen MR) is 58.6 cm³/mol. The topological polar surface area (TPSA) is 52.6 Å². The lowest BCUT2D eigenvalue weighted by Gasteiger charge is -2.25. The van der Waals surface area contributed by atoms with Crippen molar-refractivity contribution < 1.29 is 19.1 Å². The molecule has 0 N–H and O–H groups in total. The Balaban J connectivity index is 3.10. The molecule has 0 aromatic heterocycles. The Morgan fingerprint density at radius 2 is 1.75 bits per heavy atom. The van der Waals surface area contributed by atoms with Gasteiger partial charge in [-0.3, -0.25) is 9.59 Å². The van der Waals surface area contributed by atoms with Crippen molar-refractivity contribution in [2.75, 3.05) is 14.2 Å². The third-order valence-electron chi connectivity index (χ3n) is 2.77. The van der Waals surface area contributed by atoms with Crippen molar-refractivity contribution in [1.82, 2.24) is 0 Å². The zero-order valence-corrected chi connectivity index (χ0v) is 9.78. The fourth-order valence-corrected chi connectivity index (χ4v) is 1.74. The summed E-state index contributed by atoms with van der Waals surface area (Å²) >= 11 is 0. The number of esters is 2. The van der Waals surface area contributed by atoms with Crippen LogP contribution >= 0.6 is 0 Å². The lowest BCUT2D eigenvalue weighted by molar-refractivity contribution is -0.168. The van der Waals surface area contributed by atoms with Crippen LogP contribution in [0.4, 0.5) is 0 Å². The van der Waals surface area contributed by atoms with Gasteiger partial charge in [-0.25, -0.2) is 0 Å². The van der Waals surface area contributed by atoms with Gasteiger partial charge in [-0.05, 0) is 19.8 Å². The summed E-state index contributed by atoms with van der Waals surface area (Å²) in [6, 6.07) is 0. The molecular weight excluding hydrogens is 208 g/mol. The second-order valence-corrected chi connectivity index (χ2v) is 3.82. The van der Waals surface area contributed by atoms with Gasteiger partial charge in [-0.15, -0.1) is 0 Å². The molecule has 1 aliphatic rings. The van der Waals surface area contributed by atoms with Crippen LogP contribution in [0.3, 0.4) is 0 Å². The Morgan fingerprint density at radius 3 is 2.25 bits per heavy atom. The van der Waals surface area contributed by atoms with Crippen molar-refractivity contribution in [3.8, 4) is 0 Å². The van der Waals surface area contributed by atoms with E-state index in [-0.39, 0.29) is 0 Å². The first kappa shape index (κ1) is 12.5. The third-order valence-corrected chi connectivity index (χ3v) is 2.77. The first-order chi connectivity index (χ1) is 7.56. The SMILES string of the molecule is COC(=O)C1(C(=O)OC)CC=CC(C)=CC1.